The van der Waals surface area contributed by atoms with Crippen molar-refractivity contribution in [2.24, 2.45) is 5.92 Å². The maximum atomic E-state index is 12.5. The van der Waals surface area contributed by atoms with E-state index < -0.39 is 6.61 Å². The summed E-state index contributed by atoms with van der Waals surface area (Å²) in [6.45, 7) is -2.06. The summed E-state index contributed by atoms with van der Waals surface area (Å²) in [4.78, 5) is 26.5. The molecule has 1 aliphatic heterocycles. The van der Waals surface area contributed by atoms with E-state index in [9.17, 15) is 18.4 Å². The zero-order valence-corrected chi connectivity index (χ0v) is 16.2. The van der Waals surface area contributed by atoms with Gasteiger partial charge in [-0.15, -0.1) is 0 Å². The maximum absolute atomic E-state index is 12.5. The summed E-state index contributed by atoms with van der Waals surface area (Å²) in [5.41, 5.74) is 1.11. The number of urea groups is 1. The van der Waals surface area contributed by atoms with Crippen LogP contribution in [-0.2, 0) is 4.79 Å². The van der Waals surface area contributed by atoms with E-state index in [1.54, 1.807) is 17.0 Å². The minimum atomic E-state index is -2.97. The highest BCUT2D eigenvalue weighted by Gasteiger charge is 2.27. The third-order valence-corrected chi connectivity index (χ3v) is 4.89. The SMILES string of the molecule is O=C(Nc1ccc(OC(F)F)c(Cl)c1)C1CCN(C(=O)Nc2ccccc2)CC1. The van der Waals surface area contributed by atoms with Crippen molar-refractivity contribution in [3.63, 3.8) is 0 Å². The number of benzene rings is 2. The van der Waals surface area contributed by atoms with E-state index in [-0.39, 0.29) is 28.6 Å². The van der Waals surface area contributed by atoms with E-state index >= 15 is 0 Å². The van der Waals surface area contributed by atoms with Crippen LogP contribution in [0.25, 0.3) is 0 Å². The fraction of sp³-hybridized carbons (Fsp3) is 0.300. The van der Waals surface area contributed by atoms with Crippen molar-refractivity contribution in [3.05, 3.63) is 53.6 Å². The monoisotopic (exact) mass is 423 g/mol. The molecule has 29 heavy (non-hydrogen) atoms. The van der Waals surface area contributed by atoms with Crippen LogP contribution in [0.4, 0.5) is 25.0 Å². The standard InChI is InChI=1S/C20H20ClF2N3O3/c21-16-12-15(6-7-17(16)29-19(22)23)24-18(27)13-8-10-26(11-9-13)20(28)25-14-4-2-1-3-5-14/h1-7,12-13,19H,8-11H2,(H,24,27)(H,25,28). The fourth-order valence-electron chi connectivity index (χ4n) is 3.08. The van der Waals surface area contributed by atoms with Crippen LogP contribution in [0.15, 0.2) is 48.5 Å². The number of para-hydroxylation sites is 1. The topological polar surface area (TPSA) is 70.7 Å². The smallest absolute Gasteiger partial charge is 0.387 e. The second-order valence-electron chi connectivity index (χ2n) is 6.57. The van der Waals surface area contributed by atoms with Gasteiger partial charge in [-0.05, 0) is 43.2 Å². The van der Waals surface area contributed by atoms with Crippen molar-refractivity contribution < 1.29 is 23.1 Å². The van der Waals surface area contributed by atoms with Gasteiger partial charge < -0.3 is 20.3 Å². The van der Waals surface area contributed by atoms with Crippen LogP contribution in [0, 0.1) is 5.92 Å². The van der Waals surface area contributed by atoms with E-state index in [0.717, 1.165) is 0 Å². The molecule has 0 radical (unpaired) electrons. The Balaban J connectivity index is 1.50. The first-order chi connectivity index (χ1) is 13.9. The lowest BCUT2D eigenvalue weighted by atomic mass is 9.96. The van der Waals surface area contributed by atoms with Gasteiger partial charge in [-0.25, -0.2) is 4.79 Å². The normalized spacial score (nSPS) is 14.6. The predicted octanol–water partition coefficient (Wildman–Crippen LogP) is 4.82. The third kappa shape index (κ3) is 5.80. The lowest BCUT2D eigenvalue weighted by molar-refractivity contribution is -0.121. The molecule has 1 aliphatic rings. The summed E-state index contributed by atoms with van der Waals surface area (Å²) in [5, 5.41) is 5.54. The number of nitrogens with zero attached hydrogens (tertiary/aromatic N) is 1. The van der Waals surface area contributed by atoms with Gasteiger partial charge >= 0.3 is 12.6 Å². The number of hydrogen-bond donors (Lipinski definition) is 2. The molecule has 3 rings (SSSR count). The van der Waals surface area contributed by atoms with Gasteiger partial charge in [0.05, 0.1) is 5.02 Å². The molecule has 0 spiro atoms. The molecule has 2 N–H and O–H groups in total. The number of anilines is 2. The van der Waals surface area contributed by atoms with E-state index in [4.69, 9.17) is 11.6 Å². The molecule has 3 amide bonds. The van der Waals surface area contributed by atoms with Crippen LogP contribution in [-0.4, -0.2) is 36.5 Å². The summed E-state index contributed by atoms with van der Waals surface area (Å²) < 4.78 is 28.8. The summed E-state index contributed by atoms with van der Waals surface area (Å²) in [6.07, 6.45) is 1.04. The second kappa shape index (κ2) is 9.56. The Morgan fingerprint density at radius 2 is 1.72 bits per heavy atom. The van der Waals surface area contributed by atoms with Crippen LogP contribution in [0.3, 0.4) is 0 Å². The number of piperidine rings is 1. The third-order valence-electron chi connectivity index (χ3n) is 4.59. The molecule has 0 unspecified atom stereocenters. The number of ether oxygens (including phenoxy) is 1. The Labute approximate surface area is 171 Å². The Morgan fingerprint density at radius 3 is 2.34 bits per heavy atom. The Hall–Kier alpha value is -2.87. The number of carbonyl (C=O) groups excluding carboxylic acids is 2. The number of nitrogens with one attached hydrogen (secondary N) is 2. The Kier molecular flexibility index (Phi) is 6.87. The van der Waals surface area contributed by atoms with Crippen LogP contribution < -0.4 is 15.4 Å². The first-order valence-electron chi connectivity index (χ1n) is 9.08. The second-order valence-corrected chi connectivity index (χ2v) is 6.98. The van der Waals surface area contributed by atoms with Gasteiger partial charge in [0.1, 0.15) is 5.75 Å². The molecular weight excluding hydrogens is 404 g/mol. The van der Waals surface area contributed by atoms with E-state index in [1.807, 2.05) is 18.2 Å². The number of rotatable bonds is 5. The van der Waals surface area contributed by atoms with Crippen molar-refractivity contribution in [1.29, 1.82) is 0 Å². The first-order valence-corrected chi connectivity index (χ1v) is 9.46. The van der Waals surface area contributed by atoms with E-state index in [1.165, 1.54) is 18.2 Å². The van der Waals surface area contributed by atoms with Gasteiger partial charge in [0, 0.05) is 30.4 Å². The summed E-state index contributed by atoms with van der Waals surface area (Å²) in [7, 11) is 0. The van der Waals surface area contributed by atoms with E-state index in [0.29, 0.717) is 37.3 Å². The molecule has 0 bridgehead atoms. The Bertz CT molecular complexity index is 859. The minimum Gasteiger partial charge on any atom is -0.433 e. The Morgan fingerprint density at radius 1 is 1.03 bits per heavy atom. The van der Waals surface area contributed by atoms with Gasteiger partial charge in [-0.1, -0.05) is 29.8 Å². The number of carbonyl (C=O) groups is 2. The van der Waals surface area contributed by atoms with Crippen LogP contribution in [0.5, 0.6) is 5.75 Å². The van der Waals surface area contributed by atoms with Crippen molar-refractivity contribution >= 4 is 34.9 Å². The van der Waals surface area contributed by atoms with Gasteiger partial charge in [0.15, 0.2) is 0 Å². The lowest BCUT2D eigenvalue weighted by Crippen LogP contribution is -2.43. The van der Waals surface area contributed by atoms with Gasteiger partial charge in [-0.3, -0.25) is 4.79 Å². The molecule has 0 aromatic heterocycles. The molecule has 2 aromatic carbocycles. The molecule has 0 atom stereocenters. The largest absolute Gasteiger partial charge is 0.433 e. The predicted molar refractivity (Wildman–Crippen MR) is 106 cm³/mol. The number of amides is 3. The highest BCUT2D eigenvalue weighted by molar-refractivity contribution is 6.32. The van der Waals surface area contributed by atoms with Gasteiger partial charge in [-0.2, -0.15) is 8.78 Å². The maximum Gasteiger partial charge on any atom is 0.387 e. The van der Waals surface area contributed by atoms with Crippen molar-refractivity contribution in [1.82, 2.24) is 4.90 Å². The highest BCUT2D eigenvalue weighted by Crippen LogP contribution is 2.29. The molecule has 9 heteroatoms. The molecule has 0 aliphatic carbocycles. The molecule has 6 nitrogen and oxygen atoms in total. The highest BCUT2D eigenvalue weighted by atomic mass is 35.5. The van der Waals surface area contributed by atoms with E-state index in [2.05, 4.69) is 15.4 Å². The molecule has 154 valence electrons. The van der Waals surface area contributed by atoms with Crippen molar-refractivity contribution in [2.75, 3.05) is 23.7 Å². The van der Waals surface area contributed by atoms with Crippen LogP contribution >= 0.6 is 11.6 Å². The minimum absolute atomic E-state index is 0.0181. The number of likely N-dealkylation sites (tertiary alicyclic amines) is 1. The molecule has 2 aromatic rings. The summed E-state index contributed by atoms with van der Waals surface area (Å²) in [6, 6.07) is 13.0. The van der Waals surface area contributed by atoms with Crippen molar-refractivity contribution in [2.45, 2.75) is 19.5 Å². The van der Waals surface area contributed by atoms with Gasteiger partial charge in [0.2, 0.25) is 5.91 Å². The summed E-state index contributed by atoms with van der Waals surface area (Å²) >= 11 is 5.90. The zero-order valence-electron chi connectivity index (χ0n) is 15.4. The zero-order chi connectivity index (χ0) is 20.8. The van der Waals surface area contributed by atoms with Crippen molar-refractivity contribution in [3.8, 4) is 5.75 Å². The molecule has 1 saturated heterocycles. The molecule has 1 heterocycles. The number of halogens is 3. The van der Waals surface area contributed by atoms with Crippen LogP contribution in [0.1, 0.15) is 12.8 Å². The summed E-state index contributed by atoms with van der Waals surface area (Å²) in [5.74, 6) is -0.615. The van der Waals surface area contributed by atoms with Gasteiger partial charge in [0.25, 0.3) is 0 Å². The average Bonchev–Trinajstić information content (AvgIpc) is 2.70. The number of hydrogen-bond acceptors (Lipinski definition) is 3. The number of alkyl halides is 2. The molecule has 1 fully saturated rings. The van der Waals surface area contributed by atoms with Crippen LogP contribution in [0.2, 0.25) is 5.02 Å². The fourth-order valence-corrected chi connectivity index (χ4v) is 3.31. The lowest BCUT2D eigenvalue weighted by Gasteiger charge is -2.31. The first kappa shape index (κ1) is 20.9. The quantitative estimate of drug-likeness (QED) is 0.724. The molecular formula is C20H20ClF2N3O3. The average molecular weight is 424 g/mol. The molecule has 0 saturated carbocycles.